The summed E-state index contributed by atoms with van der Waals surface area (Å²) in [5, 5.41) is 11.0. The molecular weight excluding hydrogens is 242 g/mol. The largest absolute Gasteiger partial charge is 0.493 e. The van der Waals surface area contributed by atoms with Crippen molar-refractivity contribution in [2.24, 2.45) is 0 Å². The fraction of sp³-hybridized carbons (Fsp3) is 0.182. The molecule has 0 atom stereocenters. The molecule has 7 heteroatoms. The van der Waals surface area contributed by atoms with Crippen molar-refractivity contribution in [3.63, 3.8) is 0 Å². The summed E-state index contributed by atoms with van der Waals surface area (Å²) >= 11 is 0. The first-order valence-electron chi connectivity index (χ1n) is 4.91. The predicted octanol–water partition coefficient (Wildman–Crippen LogP) is 1.72. The minimum absolute atomic E-state index is 0.197. The molecule has 94 valence electrons. The van der Waals surface area contributed by atoms with Crippen LogP contribution in [0.25, 0.3) is 11.0 Å². The number of nitro groups is 1. The molecule has 0 saturated carbocycles. The molecule has 1 aromatic carbocycles. The van der Waals surface area contributed by atoms with E-state index in [0.717, 1.165) is 6.07 Å². The highest BCUT2D eigenvalue weighted by Gasteiger charge is 2.17. The van der Waals surface area contributed by atoms with Crippen LogP contribution in [-0.2, 0) is 0 Å². The number of fused-ring (bicyclic) bond motifs is 1. The maximum atomic E-state index is 11.3. The van der Waals surface area contributed by atoms with Gasteiger partial charge in [-0.2, -0.15) is 0 Å². The van der Waals surface area contributed by atoms with Crippen molar-refractivity contribution in [2.45, 2.75) is 0 Å². The Kier molecular flexibility index (Phi) is 2.88. The summed E-state index contributed by atoms with van der Waals surface area (Å²) in [7, 11) is 2.88. The molecule has 0 fully saturated rings. The molecule has 0 aliphatic heterocycles. The normalized spacial score (nSPS) is 10.3. The van der Waals surface area contributed by atoms with Crippen molar-refractivity contribution in [2.75, 3.05) is 14.2 Å². The molecule has 0 aliphatic rings. The van der Waals surface area contributed by atoms with Gasteiger partial charge in [-0.1, -0.05) is 0 Å². The average molecular weight is 251 g/mol. The lowest BCUT2D eigenvalue weighted by atomic mass is 10.2. The predicted molar refractivity (Wildman–Crippen MR) is 62.2 cm³/mol. The second-order valence-electron chi connectivity index (χ2n) is 3.42. The summed E-state index contributed by atoms with van der Waals surface area (Å²) in [5.41, 5.74) is -1.42. The van der Waals surface area contributed by atoms with E-state index < -0.39 is 16.2 Å². The molecule has 0 radical (unpaired) electrons. The first-order valence-corrected chi connectivity index (χ1v) is 4.91. The number of hydrogen-bond acceptors (Lipinski definition) is 6. The molecule has 2 rings (SSSR count). The second kappa shape index (κ2) is 4.36. The van der Waals surface area contributed by atoms with Gasteiger partial charge in [0.1, 0.15) is 5.58 Å². The van der Waals surface area contributed by atoms with Crippen LogP contribution in [0.5, 0.6) is 11.5 Å². The van der Waals surface area contributed by atoms with Crippen LogP contribution in [0.3, 0.4) is 0 Å². The summed E-state index contributed by atoms with van der Waals surface area (Å²) in [6.07, 6.45) is 0. The Bertz CT molecular complexity index is 675. The molecule has 0 unspecified atom stereocenters. The Morgan fingerprint density at radius 2 is 1.78 bits per heavy atom. The third kappa shape index (κ3) is 1.86. The zero-order valence-corrected chi connectivity index (χ0v) is 9.63. The topological polar surface area (TPSA) is 91.8 Å². The van der Waals surface area contributed by atoms with Crippen molar-refractivity contribution in [3.05, 3.63) is 38.7 Å². The van der Waals surface area contributed by atoms with Crippen LogP contribution in [0, 0.1) is 10.1 Å². The molecule has 1 aromatic heterocycles. The van der Waals surface area contributed by atoms with Crippen molar-refractivity contribution < 1.29 is 18.8 Å². The monoisotopic (exact) mass is 251 g/mol. The van der Waals surface area contributed by atoms with E-state index in [1.54, 1.807) is 0 Å². The summed E-state index contributed by atoms with van der Waals surface area (Å²) in [6.45, 7) is 0. The summed E-state index contributed by atoms with van der Waals surface area (Å²) < 4.78 is 15.0. The lowest BCUT2D eigenvalue weighted by Gasteiger charge is -2.07. The highest BCUT2D eigenvalue weighted by molar-refractivity contribution is 5.82. The molecule has 0 N–H and O–H groups in total. The van der Waals surface area contributed by atoms with E-state index in [4.69, 9.17) is 13.9 Å². The van der Waals surface area contributed by atoms with Crippen molar-refractivity contribution in [1.82, 2.24) is 0 Å². The SMILES string of the molecule is COc1cc2cc([N+](=O)[O-])c(=O)oc2cc1OC. The molecule has 1 heterocycles. The fourth-order valence-corrected chi connectivity index (χ4v) is 1.56. The van der Waals surface area contributed by atoms with Crippen LogP contribution in [-0.4, -0.2) is 19.1 Å². The van der Waals surface area contributed by atoms with Crippen LogP contribution >= 0.6 is 0 Å². The molecule has 18 heavy (non-hydrogen) atoms. The lowest BCUT2D eigenvalue weighted by molar-refractivity contribution is -0.387. The molecule has 0 bridgehead atoms. The fourth-order valence-electron chi connectivity index (χ4n) is 1.56. The van der Waals surface area contributed by atoms with Gasteiger partial charge in [-0.3, -0.25) is 10.1 Å². The third-order valence-electron chi connectivity index (χ3n) is 2.42. The van der Waals surface area contributed by atoms with E-state index in [0.29, 0.717) is 16.9 Å². The van der Waals surface area contributed by atoms with Gasteiger partial charge in [0.2, 0.25) is 0 Å². The van der Waals surface area contributed by atoms with E-state index in [1.807, 2.05) is 0 Å². The minimum Gasteiger partial charge on any atom is -0.493 e. The van der Waals surface area contributed by atoms with Gasteiger partial charge in [-0.05, 0) is 6.07 Å². The average Bonchev–Trinajstić information content (AvgIpc) is 2.36. The van der Waals surface area contributed by atoms with Gasteiger partial charge in [0.25, 0.3) is 0 Å². The molecule has 7 nitrogen and oxygen atoms in total. The molecule has 0 amide bonds. The molecule has 0 saturated heterocycles. The van der Waals surface area contributed by atoms with E-state index in [-0.39, 0.29) is 5.58 Å². The van der Waals surface area contributed by atoms with Gasteiger partial charge in [0.15, 0.2) is 11.5 Å². The number of methoxy groups -OCH3 is 2. The first kappa shape index (κ1) is 11.9. The standard InChI is InChI=1S/C11H9NO6/c1-16-9-4-6-3-7(12(14)15)11(13)18-8(6)5-10(9)17-2/h3-5H,1-2H3. The number of rotatable bonds is 3. The Balaban J connectivity index is 2.78. The number of nitrogens with zero attached hydrogens (tertiary/aromatic N) is 1. The van der Waals surface area contributed by atoms with Crippen molar-refractivity contribution in [3.8, 4) is 11.5 Å². The summed E-state index contributed by atoms with van der Waals surface area (Å²) in [5.74, 6) is 0.773. The van der Waals surface area contributed by atoms with Gasteiger partial charge < -0.3 is 13.9 Å². The quantitative estimate of drug-likeness (QED) is 0.468. The van der Waals surface area contributed by atoms with E-state index in [2.05, 4.69) is 0 Å². The number of benzene rings is 1. The maximum absolute atomic E-state index is 11.3. The third-order valence-corrected chi connectivity index (χ3v) is 2.42. The van der Waals surface area contributed by atoms with Crippen LogP contribution in [0.1, 0.15) is 0 Å². The highest BCUT2D eigenvalue weighted by atomic mass is 16.6. The van der Waals surface area contributed by atoms with Crippen molar-refractivity contribution in [1.29, 1.82) is 0 Å². The van der Waals surface area contributed by atoms with Gasteiger partial charge in [-0.15, -0.1) is 0 Å². The zero-order valence-electron chi connectivity index (χ0n) is 9.63. The van der Waals surface area contributed by atoms with E-state index in [9.17, 15) is 14.9 Å². The Morgan fingerprint density at radius 3 is 2.33 bits per heavy atom. The zero-order chi connectivity index (χ0) is 13.3. The minimum atomic E-state index is -1.00. The molecule has 0 aliphatic carbocycles. The molecule has 0 spiro atoms. The summed E-state index contributed by atoms with van der Waals surface area (Å²) in [4.78, 5) is 21.2. The smallest absolute Gasteiger partial charge is 0.415 e. The lowest BCUT2D eigenvalue weighted by Crippen LogP contribution is -2.06. The maximum Gasteiger partial charge on any atom is 0.415 e. The van der Waals surface area contributed by atoms with E-state index in [1.165, 1.54) is 26.4 Å². The van der Waals surface area contributed by atoms with Crippen LogP contribution in [0.2, 0.25) is 0 Å². The Morgan fingerprint density at radius 1 is 1.17 bits per heavy atom. The van der Waals surface area contributed by atoms with Crippen LogP contribution in [0.4, 0.5) is 5.69 Å². The van der Waals surface area contributed by atoms with Crippen molar-refractivity contribution >= 4 is 16.7 Å². The molecular formula is C11H9NO6. The van der Waals surface area contributed by atoms with E-state index >= 15 is 0 Å². The van der Waals surface area contributed by atoms with Gasteiger partial charge in [0.05, 0.1) is 19.1 Å². The van der Waals surface area contributed by atoms with Crippen LogP contribution < -0.4 is 15.1 Å². The van der Waals surface area contributed by atoms with Crippen LogP contribution in [0.15, 0.2) is 27.4 Å². The highest BCUT2D eigenvalue weighted by Crippen LogP contribution is 2.32. The second-order valence-corrected chi connectivity index (χ2v) is 3.42. The van der Waals surface area contributed by atoms with Gasteiger partial charge in [-0.25, -0.2) is 4.79 Å². The molecule has 2 aromatic rings. The van der Waals surface area contributed by atoms with Gasteiger partial charge in [0, 0.05) is 17.5 Å². The summed E-state index contributed by atoms with van der Waals surface area (Å²) in [6, 6.07) is 4.09. The number of hydrogen-bond donors (Lipinski definition) is 0. The Labute approximate surface area is 101 Å². The number of ether oxygens (including phenoxy) is 2. The first-order chi connectivity index (χ1) is 8.56. The van der Waals surface area contributed by atoms with Gasteiger partial charge >= 0.3 is 11.3 Å². The Hall–Kier alpha value is -2.57.